The topological polar surface area (TPSA) is 17.3 Å². The second-order valence-electron chi connectivity index (χ2n) is 4.12. The highest BCUT2D eigenvalue weighted by atomic mass is 15.2. The van der Waals surface area contributed by atoms with Crippen LogP contribution >= 0.6 is 0 Å². The molecule has 0 bridgehead atoms. The Bertz CT molecular complexity index is 339. The van der Waals surface area contributed by atoms with E-state index in [4.69, 9.17) is 6.42 Å². The molecule has 0 aliphatic carbocycles. The number of piperidine rings is 1. The van der Waals surface area contributed by atoms with Gasteiger partial charge < -0.3 is 4.90 Å². The van der Waals surface area contributed by atoms with Crippen LogP contribution in [0.25, 0.3) is 0 Å². The standard InChI is InChI=1S/C13H16N2/c1-2-9-15-10-4-3-7-13(15)12-6-5-8-14-11-12/h1,5-6,8,11,13H,3-4,7,9-10H2/p+1/t13-/m1/s1. The van der Waals surface area contributed by atoms with Gasteiger partial charge in [0.15, 0.2) is 0 Å². The Morgan fingerprint density at radius 3 is 3.20 bits per heavy atom. The minimum atomic E-state index is 0.559. The maximum atomic E-state index is 5.41. The summed E-state index contributed by atoms with van der Waals surface area (Å²) in [4.78, 5) is 5.71. The van der Waals surface area contributed by atoms with Crippen molar-refractivity contribution in [2.45, 2.75) is 25.3 Å². The van der Waals surface area contributed by atoms with Gasteiger partial charge in [-0.1, -0.05) is 6.07 Å². The predicted molar refractivity (Wildman–Crippen MR) is 60.4 cm³/mol. The number of nitrogens with one attached hydrogen (secondary N) is 1. The van der Waals surface area contributed by atoms with E-state index in [1.165, 1.54) is 36.3 Å². The highest BCUT2D eigenvalue weighted by Gasteiger charge is 2.26. The Balaban J connectivity index is 2.15. The molecule has 1 aliphatic rings. The van der Waals surface area contributed by atoms with Crippen molar-refractivity contribution in [3.63, 3.8) is 0 Å². The van der Waals surface area contributed by atoms with Crippen molar-refractivity contribution >= 4 is 0 Å². The molecule has 0 spiro atoms. The lowest BCUT2D eigenvalue weighted by Gasteiger charge is -2.31. The molecule has 0 amide bonds. The summed E-state index contributed by atoms with van der Waals surface area (Å²) in [6.45, 7) is 2.03. The van der Waals surface area contributed by atoms with Crippen molar-refractivity contribution in [1.82, 2.24) is 4.98 Å². The number of hydrogen-bond donors (Lipinski definition) is 1. The zero-order chi connectivity index (χ0) is 10.5. The third-order valence-electron chi connectivity index (χ3n) is 3.15. The van der Waals surface area contributed by atoms with Crippen molar-refractivity contribution in [3.05, 3.63) is 30.1 Å². The normalized spacial score (nSPS) is 25.8. The third kappa shape index (κ3) is 2.37. The lowest BCUT2D eigenvalue weighted by Crippen LogP contribution is -3.13. The first-order valence-corrected chi connectivity index (χ1v) is 5.60. The van der Waals surface area contributed by atoms with E-state index < -0.39 is 0 Å². The Labute approximate surface area is 91.3 Å². The van der Waals surface area contributed by atoms with Crippen LogP contribution < -0.4 is 4.90 Å². The number of likely N-dealkylation sites (tertiary alicyclic amines) is 1. The van der Waals surface area contributed by atoms with Crippen LogP contribution in [0.5, 0.6) is 0 Å². The van der Waals surface area contributed by atoms with E-state index in [2.05, 4.69) is 17.0 Å². The zero-order valence-electron chi connectivity index (χ0n) is 8.95. The van der Waals surface area contributed by atoms with Crippen LogP contribution in [-0.4, -0.2) is 18.1 Å². The third-order valence-corrected chi connectivity index (χ3v) is 3.15. The Hall–Kier alpha value is -1.33. The van der Waals surface area contributed by atoms with Gasteiger partial charge in [0.2, 0.25) is 0 Å². The van der Waals surface area contributed by atoms with Gasteiger partial charge in [-0.3, -0.25) is 4.98 Å². The summed E-state index contributed by atoms with van der Waals surface area (Å²) < 4.78 is 0. The van der Waals surface area contributed by atoms with Gasteiger partial charge in [0.05, 0.1) is 6.54 Å². The molecule has 0 aromatic carbocycles. The molecular weight excluding hydrogens is 184 g/mol. The summed E-state index contributed by atoms with van der Waals surface area (Å²) in [5.41, 5.74) is 1.34. The number of rotatable bonds is 2. The van der Waals surface area contributed by atoms with Crippen molar-refractivity contribution in [2.24, 2.45) is 0 Å². The van der Waals surface area contributed by atoms with Crippen molar-refractivity contribution in [3.8, 4) is 12.3 Å². The van der Waals surface area contributed by atoms with E-state index >= 15 is 0 Å². The van der Waals surface area contributed by atoms with E-state index in [1.54, 1.807) is 0 Å². The molecule has 2 heterocycles. The number of quaternary nitrogens is 1. The second kappa shape index (κ2) is 4.95. The molecule has 1 unspecified atom stereocenters. The molecular formula is C13H17N2+. The van der Waals surface area contributed by atoms with Gasteiger partial charge in [0, 0.05) is 24.4 Å². The van der Waals surface area contributed by atoms with E-state index in [0.717, 1.165) is 6.54 Å². The van der Waals surface area contributed by atoms with E-state index in [0.29, 0.717) is 6.04 Å². The second-order valence-corrected chi connectivity index (χ2v) is 4.12. The lowest BCUT2D eigenvalue weighted by molar-refractivity contribution is -0.930. The quantitative estimate of drug-likeness (QED) is 0.701. The minimum absolute atomic E-state index is 0.559. The van der Waals surface area contributed by atoms with E-state index in [9.17, 15) is 0 Å². The minimum Gasteiger partial charge on any atom is -0.319 e. The number of hydrogen-bond acceptors (Lipinski definition) is 1. The Morgan fingerprint density at radius 2 is 2.47 bits per heavy atom. The van der Waals surface area contributed by atoms with Gasteiger partial charge >= 0.3 is 0 Å². The zero-order valence-corrected chi connectivity index (χ0v) is 8.95. The fraction of sp³-hybridized carbons (Fsp3) is 0.462. The summed E-state index contributed by atoms with van der Waals surface area (Å²) in [6.07, 6.45) is 13.1. The van der Waals surface area contributed by atoms with Crippen molar-refractivity contribution in [2.75, 3.05) is 13.1 Å². The van der Waals surface area contributed by atoms with Crippen LogP contribution in [0.3, 0.4) is 0 Å². The highest BCUT2D eigenvalue weighted by molar-refractivity contribution is 5.12. The molecule has 1 saturated heterocycles. The van der Waals surface area contributed by atoms with Crippen LogP contribution in [0.1, 0.15) is 30.9 Å². The molecule has 1 fully saturated rings. The Kier molecular flexibility index (Phi) is 3.37. The van der Waals surface area contributed by atoms with Crippen LogP contribution in [0.15, 0.2) is 24.5 Å². The first kappa shape index (κ1) is 10.2. The van der Waals surface area contributed by atoms with Gasteiger partial charge in [-0.05, 0) is 24.8 Å². The molecule has 1 aliphatic heterocycles. The summed E-state index contributed by atoms with van der Waals surface area (Å²) in [5, 5.41) is 0. The van der Waals surface area contributed by atoms with Gasteiger partial charge in [0.25, 0.3) is 0 Å². The molecule has 2 atom stereocenters. The fourth-order valence-corrected chi connectivity index (χ4v) is 2.41. The molecule has 0 radical (unpaired) electrons. The molecule has 1 N–H and O–H groups in total. The average molecular weight is 201 g/mol. The predicted octanol–water partition coefficient (Wildman–Crippen LogP) is 0.825. The Morgan fingerprint density at radius 1 is 1.53 bits per heavy atom. The van der Waals surface area contributed by atoms with Crippen LogP contribution in [0.4, 0.5) is 0 Å². The number of terminal acetylenes is 1. The number of pyridine rings is 1. The first-order chi connectivity index (χ1) is 7.42. The van der Waals surface area contributed by atoms with Crippen LogP contribution in [0, 0.1) is 12.3 Å². The molecule has 1 aromatic heterocycles. The van der Waals surface area contributed by atoms with Gasteiger partial charge in [-0.25, -0.2) is 0 Å². The molecule has 15 heavy (non-hydrogen) atoms. The van der Waals surface area contributed by atoms with Gasteiger partial charge in [-0.2, -0.15) is 0 Å². The van der Waals surface area contributed by atoms with Gasteiger partial charge in [0.1, 0.15) is 12.6 Å². The summed E-state index contributed by atoms with van der Waals surface area (Å²) in [6, 6.07) is 4.74. The first-order valence-electron chi connectivity index (χ1n) is 5.60. The van der Waals surface area contributed by atoms with E-state index in [-0.39, 0.29) is 0 Å². The fourth-order valence-electron chi connectivity index (χ4n) is 2.41. The largest absolute Gasteiger partial charge is 0.319 e. The molecule has 2 nitrogen and oxygen atoms in total. The summed E-state index contributed by atoms with van der Waals surface area (Å²) >= 11 is 0. The molecule has 0 saturated carbocycles. The SMILES string of the molecule is C#CC[NH+]1CCCC[C@@H]1c1cccnc1. The molecule has 2 rings (SSSR count). The molecule has 1 aromatic rings. The van der Waals surface area contributed by atoms with Gasteiger partial charge in [-0.15, -0.1) is 6.42 Å². The maximum Gasteiger partial charge on any atom is 0.139 e. The number of aromatic nitrogens is 1. The highest BCUT2D eigenvalue weighted by Crippen LogP contribution is 2.17. The monoisotopic (exact) mass is 201 g/mol. The van der Waals surface area contributed by atoms with E-state index in [1.807, 2.05) is 18.5 Å². The lowest BCUT2D eigenvalue weighted by atomic mass is 9.96. The van der Waals surface area contributed by atoms with Crippen molar-refractivity contribution < 1.29 is 4.90 Å². The smallest absolute Gasteiger partial charge is 0.139 e. The van der Waals surface area contributed by atoms with Crippen molar-refractivity contribution in [1.29, 1.82) is 0 Å². The average Bonchev–Trinajstić information content (AvgIpc) is 2.31. The van der Waals surface area contributed by atoms with Crippen LogP contribution in [0.2, 0.25) is 0 Å². The summed E-state index contributed by atoms with van der Waals surface area (Å²) in [5.74, 6) is 2.78. The maximum absolute atomic E-state index is 5.41. The molecule has 2 heteroatoms. The summed E-state index contributed by atoms with van der Waals surface area (Å²) in [7, 11) is 0. The number of nitrogens with zero attached hydrogens (tertiary/aromatic N) is 1. The molecule has 78 valence electrons. The van der Waals surface area contributed by atoms with Crippen LogP contribution in [-0.2, 0) is 0 Å².